The quantitative estimate of drug-likeness (QED) is 0.649. The lowest BCUT2D eigenvalue weighted by molar-refractivity contribution is -0.145. The summed E-state index contributed by atoms with van der Waals surface area (Å²) in [5, 5.41) is 3.01. The largest absolute Gasteiger partial charge is 0.461 e. The van der Waals surface area contributed by atoms with E-state index < -0.39 is 0 Å². The van der Waals surface area contributed by atoms with Crippen molar-refractivity contribution in [2.24, 2.45) is 23.7 Å². The van der Waals surface area contributed by atoms with Crippen LogP contribution in [-0.2, 0) is 14.3 Å². The van der Waals surface area contributed by atoms with E-state index in [-0.39, 0.29) is 46.5 Å². The van der Waals surface area contributed by atoms with Gasteiger partial charge < -0.3 is 10.1 Å². The van der Waals surface area contributed by atoms with E-state index in [1.54, 1.807) is 0 Å². The number of anilines is 1. The molecule has 22 heavy (non-hydrogen) atoms. The van der Waals surface area contributed by atoms with Gasteiger partial charge in [0, 0.05) is 11.6 Å². The highest BCUT2D eigenvalue weighted by Gasteiger charge is 2.67. The van der Waals surface area contributed by atoms with Crippen LogP contribution in [0, 0.1) is 37.5 Å². The van der Waals surface area contributed by atoms with E-state index in [0.29, 0.717) is 0 Å². The number of carbonyl (C=O) groups excluding carboxylic acids is 2. The number of ether oxygens (including phenoxy) is 1. The number of rotatable bonds is 2. The Labute approximate surface area is 137 Å². The number of hydrogen-bond donors (Lipinski definition) is 1. The Morgan fingerprint density at radius 2 is 1.91 bits per heavy atom. The van der Waals surface area contributed by atoms with Crippen LogP contribution in [0.2, 0.25) is 0 Å². The van der Waals surface area contributed by atoms with E-state index in [9.17, 15) is 9.59 Å². The summed E-state index contributed by atoms with van der Waals surface area (Å²) in [6.45, 7) is 4.02. The molecular formula is C17H18BrNO3. The van der Waals surface area contributed by atoms with Crippen molar-refractivity contribution >= 4 is 33.5 Å². The monoisotopic (exact) mass is 363 g/mol. The maximum absolute atomic E-state index is 12.8. The van der Waals surface area contributed by atoms with Gasteiger partial charge in [-0.2, -0.15) is 0 Å². The zero-order valence-corrected chi connectivity index (χ0v) is 14.1. The molecule has 116 valence electrons. The Morgan fingerprint density at radius 3 is 2.59 bits per heavy atom. The molecule has 3 aliphatic rings. The van der Waals surface area contributed by atoms with Crippen molar-refractivity contribution in [1.82, 2.24) is 0 Å². The summed E-state index contributed by atoms with van der Waals surface area (Å²) >= 11 is 3.64. The average Bonchev–Trinajstić information content (AvgIpc) is 3.01. The summed E-state index contributed by atoms with van der Waals surface area (Å²) in [6, 6.07) is 5.99. The van der Waals surface area contributed by atoms with Crippen LogP contribution in [0.25, 0.3) is 0 Å². The molecule has 1 amide bonds. The Kier molecular flexibility index (Phi) is 3.12. The summed E-state index contributed by atoms with van der Waals surface area (Å²) in [5.74, 6) is -0.380. The molecule has 1 N–H and O–H groups in total. The zero-order valence-electron chi connectivity index (χ0n) is 12.5. The van der Waals surface area contributed by atoms with Gasteiger partial charge in [-0.25, -0.2) is 0 Å². The summed E-state index contributed by atoms with van der Waals surface area (Å²) in [4.78, 5) is 25.0. The highest BCUT2D eigenvalue weighted by Crippen LogP contribution is 2.60. The van der Waals surface area contributed by atoms with E-state index in [2.05, 4.69) is 27.3 Å². The highest BCUT2D eigenvalue weighted by atomic mass is 79.9. The van der Waals surface area contributed by atoms with Crippen LogP contribution in [0.3, 0.4) is 0 Å². The number of benzene rings is 1. The lowest BCUT2D eigenvalue weighted by Gasteiger charge is -2.27. The molecule has 4 nitrogen and oxygen atoms in total. The maximum Gasteiger partial charge on any atom is 0.310 e. The van der Waals surface area contributed by atoms with Gasteiger partial charge in [-0.1, -0.05) is 22.0 Å². The summed E-state index contributed by atoms with van der Waals surface area (Å²) in [5.41, 5.74) is 3.03. The van der Waals surface area contributed by atoms with E-state index in [0.717, 1.165) is 23.2 Å². The van der Waals surface area contributed by atoms with Gasteiger partial charge in [0.15, 0.2) is 0 Å². The molecule has 0 radical (unpaired) electrons. The summed E-state index contributed by atoms with van der Waals surface area (Å²) in [6.07, 6.45) is 0.870. The molecule has 0 aromatic heterocycles. The van der Waals surface area contributed by atoms with Crippen molar-refractivity contribution in [2.45, 2.75) is 31.2 Å². The fraction of sp³-hybridized carbons (Fsp3) is 0.529. The van der Waals surface area contributed by atoms with Gasteiger partial charge in [0.1, 0.15) is 6.10 Å². The molecule has 0 unspecified atom stereocenters. The van der Waals surface area contributed by atoms with E-state index in [1.807, 2.05) is 26.0 Å². The Bertz CT molecular complexity index is 654. The van der Waals surface area contributed by atoms with Crippen LogP contribution in [0.4, 0.5) is 5.69 Å². The molecule has 1 heterocycles. The molecule has 0 spiro atoms. The fourth-order valence-electron chi connectivity index (χ4n) is 4.60. The molecule has 1 aromatic rings. The van der Waals surface area contributed by atoms with Crippen LogP contribution >= 0.6 is 15.9 Å². The van der Waals surface area contributed by atoms with E-state index >= 15 is 0 Å². The standard InChI is InChI=1S/C17H18BrNO3/c1-7-3-8(2)5-9(4-7)19-16(20)12-10-6-11-13(12)17(21)22-15(11)14(10)18/h3-5,10-15H,6H2,1-2H3,(H,19,20)/t10-,11-,12+,13+,14-,15+/m1/s1. The third kappa shape index (κ3) is 1.94. The summed E-state index contributed by atoms with van der Waals surface area (Å²) in [7, 11) is 0. The fourth-order valence-corrected chi connectivity index (χ4v) is 5.65. The maximum atomic E-state index is 12.8. The highest BCUT2D eigenvalue weighted by molar-refractivity contribution is 9.09. The predicted octanol–water partition coefficient (Wildman–Crippen LogP) is 2.81. The normalized spacial score (nSPS) is 38.2. The number of esters is 1. The lowest BCUT2D eigenvalue weighted by Crippen LogP contribution is -2.40. The topological polar surface area (TPSA) is 55.4 Å². The first kappa shape index (κ1) is 14.2. The third-order valence-corrected chi connectivity index (χ3v) is 6.52. The van der Waals surface area contributed by atoms with Gasteiger partial charge in [-0.05, 0) is 49.4 Å². The van der Waals surface area contributed by atoms with Crippen molar-refractivity contribution < 1.29 is 14.3 Å². The molecule has 2 bridgehead atoms. The first-order chi connectivity index (χ1) is 10.5. The number of nitrogens with one attached hydrogen (secondary N) is 1. The second-order valence-electron chi connectivity index (χ2n) is 6.83. The van der Waals surface area contributed by atoms with E-state index in [1.165, 1.54) is 0 Å². The van der Waals surface area contributed by atoms with Crippen LogP contribution in [0.15, 0.2) is 18.2 Å². The molecule has 2 saturated carbocycles. The minimum atomic E-state index is -0.276. The molecule has 1 aliphatic heterocycles. The zero-order chi connectivity index (χ0) is 15.6. The van der Waals surface area contributed by atoms with Crippen molar-refractivity contribution in [3.63, 3.8) is 0 Å². The number of halogens is 1. The van der Waals surface area contributed by atoms with Gasteiger partial charge in [0.2, 0.25) is 5.91 Å². The lowest BCUT2D eigenvalue weighted by atomic mass is 9.79. The van der Waals surface area contributed by atoms with Gasteiger partial charge in [-0.3, -0.25) is 9.59 Å². The first-order valence-corrected chi connectivity index (χ1v) is 8.61. The van der Waals surface area contributed by atoms with Gasteiger partial charge in [0.05, 0.1) is 16.7 Å². The number of aryl methyl sites for hydroxylation is 2. The van der Waals surface area contributed by atoms with Gasteiger partial charge >= 0.3 is 5.97 Å². The average molecular weight is 364 g/mol. The van der Waals surface area contributed by atoms with Crippen molar-refractivity contribution in [3.05, 3.63) is 29.3 Å². The number of carbonyl (C=O) groups is 2. The van der Waals surface area contributed by atoms with E-state index in [4.69, 9.17) is 4.74 Å². The molecular weight excluding hydrogens is 346 g/mol. The van der Waals surface area contributed by atoms with Crippen LogP contribution < -0.4 is 5.32 Å². The molecule has 3 fully saturated rings. The van der Waals surface area contributed by atoms with Crippen molar-refractivity contribution in [1.29, 1.82) is 0 Å². The minimum Gasteiger partial charge on any atom is -0.461 e. The van der Waals surface area contributed by atoms with Crippen molar-refractivity contribution in [2.75, 3.05) is 5.32 Å². The third-order valence-electron chi connectivity index (χ3n) is 5.32. The molecule has 1 aromatic carbocycles. The number of amides is 1. The molecule has 2 aliphatic carbocycles. The number of hydrogen-bond acceptors (Lipinski definition) is 3. The molecule has 5 heteroatoms. The number of alkyl halides is 1. The SMILES string of the molecule is Cc1cc(C)cc(NC(=O)[C@H]2[C@H]3C[C@H]4[C@H](OC(=O)[C@@H]42)[C@@H]3Br)c1. The van der Waals surface area contributed by atoms with Crippen LogP contribution in [0.5, 0.6) is 0 Å². The molecule has 6 atom stereocenters. The Balaban J connectivity index is 1.59. The molecule has 1 saturated heterocycles. The Hall–Kier alpha value is -1.36. The molecule has 4 rings (SSSR count). The first-order valence-electron chi connectivity index (χ1n) is 7.69. The van der Waals surface area contributed by atoms with Crippen LogP contribution in [-0.4, -0.2) is 22.8 Å². The Morgan fingerprint density at radius 1 is 1.23 bits per heavy atom. The van der Waals surface area contributed by atoms with Crippen molar-refractivity contribution in [3.8, 4) is 0 Å². The smallest absolute Gasteiger partial charge is 0.310 e. The van der Waals surface area contributed by atoms with Gasteiger partial charge in [0.25, 0.3) is 0 Å². The summed E-state index contributed by atoms with van der Waals surface area (Å²) < 4.78 is 5.45. The van der Waals surface area contributed by atoms with Gasteiger partial charge in [-0.15, -0.1) is 0 Å². The number of fused-ring (bicyclic) bond motifs is 1. The second-order valence-corrected chi connectivity index (χ2v) is 7.88. The predicted molar refractivity (Wildman–Crippen MR) is 85.7 cm³/mol. The second kappa shape index (κ2) is 4.82. The minimum absolute atomic E-state index is 0.0345. The van der Waals surface area contributed by atoms with Crippen LogP contribution in [0.1, 0.15) is 17.5 Å².